The van der Waals surface area contributed by atoms with Crippen molar-refractivity contribution in [2.24, 2.45) is 0 Å². The second kappa shape index (κ2) is 5.88. The van der Waals surface area contributed by atoms with Gasteiger partial charge in [-0.1, -0.05) is 0 Å². The van der Waals surface area contributed by atoms with Gasteiger partial charge in [0, 0.05) is 11.6 Å². The minimum Gasteiger partial charge on any atom is -0.494 e. The quantitative estimate of drug-likeness (QED) is 0.746. The van der Waals surface area contributed by atoms with Crippen LogP contribution in [0.5, 0.6) is 11.6 Å². The number of rotatable bonds is 4. The Morgan fingerprint density at radius 1 is 1.27 bits per heavy atom. The number of aryl methyl sites for hydroxylation is 1. The summed E-state index contributed by atoms with van der Waals surface area (Å²) in [4.78, 5) is 5.24. The standard InChI is InChI=1S/C16H17N3O2S/c1-4-21-12-7-5-11(6-8-12)13-9-14-17-10(2)15(22-3)16(20)19(14)18-13/h5-9,20H,4H2,1-3H3. The number of benzene rings is 1. The van der Waals surface area contributed by atoms with Gasteiger partial charge in [0.15, 0.2) is 5.65 Å². The average molecular weight is 315 g/mol. The number of fused-ring (bicyclic) bond motifs is 1. The number of aromatic hydroxyl groups is 1. The first-order valence-corrected chi connectivity index (χ1v) is 8.23. The highest BCUT2D eigenvalue weighted by atomic mass is 32.2. The molecule has 0 fully saturated rings. The summed E-state index contributed by atoms with van der Waals surface area (Å²) < 4.78 is 6.92. The predicted molar refractivity (Wildman–Crippen MR) is 87.8 cm³/mol. The summed E-state index contributed by atoms with van der Waals surface area (Å²) in [5, 5.41) is 14.8. The number of aromatic nitrogens is 3. The van der Waals surface area contributed by atoms with Crippen molar-refractivity contribution in [3.05, 3.63) is 36.0 Å². The monoisotopic (exact) mass is 315 g/mol. The maximum Gasteiger partial charge on any atom is 0.229 e. The molecule has 22 heavy (non-hydrogen) atoms. The van der Waals surface area contributed by atoms with Crippen molar-refractivity contribution in [2.45, 2.75) is 18.7 Å². The van der Waals surface area contributed by atoms with E-state index >= 15 is 0 Å². The van der Waals surface area contributed by atoms with Gasteiger partial charge in [0.25, 0.3) is 0 Å². The van der Waals surface area contributed by atoms with E-state index in [0.717, 1.165) is 27.6 Å². The van der Waals surface area contributed by atoms with E-state index in [0.29, 0.717) is 12.3 Å². The summed E-state index contributed by atoms with van der Waals surface area (Å²) in [5.41, 5.74) is 3.16. The lowest BCUT2D eigenvalue weighted by molar-refractivity contribution is 0.340. The molecular formula is C16H17N3O2S. The highest BCUT2D eigenvalue weighted by Gasteiger charge is 2.14. The van der Waals surface area contributed by atoms with Crippen LogP contribution >= 0.6 is 11.8 Å². The topological polar surface area (TPSA) is 59.7 Å². The zero-order valence-corrected chi connectivity index (χ0v) is 13.5. The van der Waals surface area contributed by atoms with E-state index in [1.54, 1.807) is 0 Å². The molecule has 0 radical (unpaired) electrons. The summed E-state index contributed by atoms with van der Waals surface area (Å²) in [6, 6.07) is 9.59. The Morgan fingerprint density at radius 3 is 2.64 bits per heavy atom. The van der Waals surface area contributed by atoms with Crippen LogP contribution in [0.1, 0.15) is 12.6 Å². The lowest BCUT2D eigenvalue weighted by atomic mass is 10.1. The SMILES string of the molecule is CCOc1ccc(-c2cc3nc(C)c(SC)c(O)n3n2)cc1. The molecule has 0 aliphatic heterocycles. The Morgan fingerprint density at radius 2 is 2.00 bits per heavy atom. The lowest BCUT2D eigenvalue weighted by Gasteiger charge is -2.05. The molecule has 3 aromatic rings. The van der Waals surface area contributed by atoms with Crippen LogP contribution < -0.4 is 4.74 Å². The maximum atomic E-state index is 10.3. The van der Waals surface area contributed by atoms with Gasteiger partial charge in [-0.3, -0.25) is 0 Å². The molecular weight excluding hydrogens is 298 g/mol. The fraction of sp³-hybridized carbons (Fsp3) is 0.250. The first kappa shape index (κ1) is 14.7. The first-order valence-electron chi connectivity index (χ1n) is 7.00. The third-order valence-electron chi connectivity index (χ3n) is 3.37. The average Bonchev–Trinajstić information content (AvgIpc) is 2.93. The van der Waals surface area contributed by atoms with E-state index in [-0.39, 0.29) is 5.88 Å². The summed E-state index contributed by atoms with van der Waals surface area (Å²) >= 11 is 1.46. The molecule has 0 saturated carbocycles. The van der Waals surface area contributed by atoms with Crippen molar-refractivity contribution in [3.8, 4) is 22.9 Å². The zero-order valence-electron chi connectivity index (χ0n) is 12.7. The van der Waals surface area contributed by atoms with Crippen LogP contribution in [0.3, 0.4) is 0 Å². The van der Waals surface area contributed by atoms with E-state index < -0.39 is 0 Å². The molecule has 0 aliphatic rings. The van der Waals surface area contributed by atoms with Gasteiger partial charge in [-0.05, 0) is 44.4 Å². The Balaban J connectivity index is 2.06. The van der Waals surface area contributed by atoms with Crippen LogP contribution in [0.25, 0.3) is 16.9 Å². The Hall–Kier alpha value is -2.21. The number of hydrogen-bond donors (Lipinski definition) is 1. The van der Waals surface area contributed by atoms with E-state index in [1.165, 1.54) is 16.3 Å². The molecule has 6 heteroatoms. The summed E-state index contributed by atoms with van der Waals surface area (Å²) in [6.07, 6.45) is 1.91. The third kappa shape index (κ3) is 2.50. The fourth-order valence-electron chi connectivity index (χ4n) is 2.36. The normalized spacial score (nSPS) is 11.0. The smallest absolute Gasteiger partial charge is 0.229 e. The summed E-state index contributed by atoms with van der Waals surface area (Å²) in [7, 11) is 0. The van der Waals surface area contributed by atoms with Crippen LogP contribution in [0, 0.1) is 6.92 Å². The van der Waals surface area contributed by atoms with E-state index in [1.807, 2.05) is 50.4 Å². The van der Waals surface area contributed by atoms with Gasteiger partial charge >= 0.3 is 0 Å². The maximum absolute atomic E-state index is 10.3. The molecule has 0 atom stereocenters. The molecule has 2 heterocycles. The van der Waals surface area contributed by atoms with Crippen molar-refractivity contribution >= 4 is 17.4 Å². The van der Waals surface area contributed by atoms with Gasteiger partial charge in [-0.2, -0.15) is 9.61 Å². The summed E-state index contributed by atoms with van der Waals surface area (Å²) in [6.45, 7) is 4.48. The number of thioether (sulfide) groups is 1. The molecule has 0 amide bonds. The molecule has 0 aliphatic carbocycles. The van der Waals surface area contributed by atoms with Crippen LogP contribution in [-0.2, 0) is 0 Å². The molecule has 0 unspecified atom stereocenters. The van der Waals surface area contributed by atoms with Crippen LogP contribution in [0.2, 0.25) is 0 Å². The molecule has 5 nitrogen and oxygen atoms in total. The zero-order chi connectivity index (χ0) is 15.7. The molecule has 3 rings (SSSR count). The Labute approximate surface area is 133 Å². The number of ether oxygens (including phenoxy) is 1. The molecule has 114 valence electrons. The lowest BCUT2D eigenvalue weighted by Crippen LogP contribution is -1.96. The third-order valence-corrected chi connectivity index (χ3v) is 4.26. The second-order valence-electron chi connectivity index (χ2n) is 4.81. The highest BCUT2D eigenvalue weighted by molar-refractivity contribution is 7.98. The van der Waals surface area contributed by atoms with Gasteiger partial charge in [0.05, 0.1) is 22.9 Å². The van der Waals surface area contributed by atoms with Crippen molar-refractivity contribution in [1.29, 1.82) is 0 Å². The van der Waals surface area contributed by atoms with Crippen molar-refractivity contribution < 1.29 is 9.84 Å². The van der Waals surface area contributed by atoms with Crippen LogP contribution in [0.15, 0.2) is 35.2 Å². The van der Waals surface area contributed by atoms with Crippen molar-refractivity contribution in [1.82, 2.24) is 14.6 Å². The summed E-state index contributed by atoms with van der Waals surface area (Å²) in [5.74, 6) is 0.962. The van der Waals surface area contributed by atoms with Gasteiger partial charge in [0.1, 0.15) is 5.75 Å². The highest BCUT2D eigenvalue weighted by Crippen LogP contribution is 2.31. The number of nitrogens with zero attached hydrogens (tertiary/aromatic N) is 3. The van der Waals surface area contributed by atoms with Gasteiger partial charge in [0.2, 0.25) is 5.88 Å². The minimum absolute atomic E-state index is 0.132. The van der Waals surface area contributed by atoms with E-state index in [4.69, 9.17) is 4.74 Å². The molecule has 0 saturated heterocycles. The molecule has 1 aromatic carbocycles. The predicted octanol–water partition coefficient (Wildman–Crippen LogP) is 3.53. The van der Waals surface area contributed by atoms with E-state index in [2.05, 4.69) is 10.1 Å². The van der Waals surface area contributed by atoms with Crippen LogP contribution in [-0.4, -0.2) is 32.6 Å². The largest absolute Gasteiger partial charge is 0.494 e. The van der Waals surface area contributed by atoms with Gasteiger partial charge in [-0.25, -0.2) is 4.98 Å². The van der Waals surface area contributed by atoms with Crippen LogP contribution in [0.4, 0.5) is 0 Å². The first-order chi connectivity index (χ1) is 10.6. The molecule has 0 bridgehead atoms. The molecule has 1 N–H and O–H groups in total. The van der Waals surface area contributed by atoms with Crippen molar-refractivity contribution in [2.75, 3.05) is 12.9 Å². The molecule has 2 aromatic heterocycles. The minimum atomic E-state index is 0.132. The van der Waals surface area contributed by atoms with E-state index in [9.17, 15) is 5.11 Å². The Bertz CT molecular complexity index is 812. The van der Waals surface area contributed by atoms with Gasteiger partial charge < -0.3 is 9.84 Å². The van der Waals surface area contributed by atoms with Crippen molar-refractivity contribution in [3.63, 3.8) is 0 Å². The fourth-order valence-corrected chi connectivity index (χ4v) is 2.97. The molecule has 0 spiro atoms. The Kier molecular flexibility index (Phi) is 3.94. The second-order valence-corrected chi connectivity index (χ2v) is 5.63. The van der Waals surface area contributed by atoms with Gasteiger partial charge in [-0.15, -0.1) is 11.8 Å². The number of hydrogen-bond acceptors (Lipinski definition) is 5.